The standard InChI is InChI=1S/C18H21N5O3S/c24-27(25)10-6-14(12-27)23-18(15-11-22-7-2-1-3-16(22)19-15)20-17(21-23)13-4-8-26-9-5-13/h1-3,7,11,13-14H,4-6,8-10,12H2/t14-/m1/s1. The van der Waals surface area contributed by atoms with Crippen molar-refractivity contribution in [1.29, 1.82) is 0 Å². The van der Waals surface area contributed by atoms with Crippen molar-refractivity contribution in [3.8, 4) is 11.5 Å². The first-order chi connectivity index (χ1) is 13.1. The zero-order valence-corrected chi connectivity index (χ0v) is 15.7. The van der Waals surface area contributed by atoms with Gasteiger partial charge < -0.3 is 9.14 Å². The highest BCUT2D eigenvalue weighted by Crippen LogP contribution is 2.31. The number of imidazole rings is 1. The molecule has 9 heteroatoms. The quantitative estimate of drug-likeness (QED) is 0.681. The van der Waals surface area contributed by atoms with E-state index < -0.39 is 9.84 Å². The maximum atomic E-state index is 12.0. The van der Waals surface area contributed by atoms with Crippen molar-refractivity contribution >= 4 is 15.5 Å². The van der Waals surface area contributed by atoms with Gasteiger partial charge in [0.05, 0.1) is 17.5 Å². The molecule has 0 bridgehead atoms. The van der Waals surface area contributed by atoms with Crippen LogP contribution in [0.3, 0.4) is 0 Å². The number of pyridine rings is 1. The lowest BCUT2D eigenvalue weighted by Gasteiger charge is -2.19. The van der Waals surface area contributed by atoms with Crippen LogP contribution in [-0.4, -0.2) is 57.3 Å². The average Bonchev–Trinajstić information content (AvgIpc) is 3.37. The Morgan fingerprint density at radius 2 is 1.96 bits per heavy atom. The van der Waals surface area contributed by atoms with Crippen LogP contribution < -0.4 is 0 Å². The Balaban J connectivity index is 1.60. The van der Waals surface area contributed by atoms with Gasteiger partial charge in [-0.2, -0.15) is 5.10 Å². The number of rotatable bonds is 3. The van der Waals surface area contributed by atoms with Crippen LogP contribution in [-0.2, 0) is 14.6 Å². The van der Waals surface area contributed by atoms with Crippen LogP contribution in [0.4, 0.5) is 0 Å². The van der Waals surface area contributed by atoms with E-state index in [1.165, 1.54) is 0 Å². The van der Waals surface area contributed by atoms with Crippen molar-refractivity contribution in [2.45, 2.75) is 31.2 Å². The van der Waals surface area contributed by atoms with Crippen molar-refractivity contribution in [2.24, 2.45) is 0 Å². The van der Waals surface area contributed by atoms with Gasteiger partial charge in [-0.15, -0.1) is 0 Å². The Hall–Kier alpha value is -2.26. The molecular formula is C18H21N5O3S. The van der Waals surface area contributed by atoms with E-state index in [9.17, 15) is 8.42 Å². The van der Waals surface area contributed by atoms with Crippen LogP contribution in [0.2, 0.25) is 0 Å². The summed E-state index contributed by atoms with van der Waals surface area (Å²) in [6.45, 7) is 1.42. The van der Waals surface area contributed by atoms with Gasteiger partial charge in [0.25, 0.3) is 0 Å². The van der Waals surface area contributed by atoms with Gasteiger partial charge in [0, 0.05) is 31.5 Å². The molecule has 142 valence electrons. The average molecular weight is 387 g/mol. The first kappa shape index (κ1) is 16.9. The Bertz CT molecular complexity index is 1050. The first-order valence-corrected chi connectivity index (χ1v) is 11.1. The van der Waals surface area contributed by atoms with E-state index in [2.05, 4.69) is 4.98 Å². The first-order valence-electron chi connectivity index (χ1n) is 9.28. The van der Waals surface area contributed by atoms with Crippen LogP contribution in [0.25, 0.3) is 17.2 Å². The minimum absolute atomic E-state index is 0.115. The van der Waals surface area contributed by atoms with Crippen molar-refractivity contribution in [3.63, 3.8) is 0 Å². The largest absolute Gasteiger partial charge is 0.381 e. The molecule has 0 unspecified atom stereocenters. The molecule has 5 rings (SSSR count). The van der Waals surface area contributed by atoms with Gasteiger partial charge in [-0.1, -0.05) is 6.07 Å². The smallest absolute Gasteiger partial charge is 0.178 e. The number of ether oxygens (including phenoxy) is 1. The summed E-state index contributed by atoms with van der Waals surface area (Å²) < 4.78 is 33.2. The van der Waals surface area contributed by atoms with Crippen molar-refractivity contribution < 1.29 is 13.2 Å². The summed E-state index contributed by atoms with van der Waals surface area (Å²) in [5.41, 5.74) is 1.55. The number of nitrogens with zero attached hydrogens (tertiary/aromatic N) is 5. The fourth-order valence-electron chi connectivity index (χ4n) is 3.91. The van der Waals surface area contributed by atoms with Gasteiger partial charge in [-0.3, -0.25) is 0 Å². The Labute approximate surface area is 157 Å². The summed E-state index contributed by atoms with van der Waals surface area (Å²) in [5.74, 6) is 1.99. The summed E-state index contributed by atoms with van der Waals surface area (Å²) in [7, 11) is -3.02. The van der Waals surface area contributed by atoms with Crippen molar-refractivity contribution in [3.05, 3.63) is 36.4 Å². The van der Waals surface area contributed by atoms with Gasteiger partial charge in [-0.25, -0.2) is 23.1 Å². The lowest BCUT2D eigenvalue weighted by atomic mass is 10.00. The van der Waals surface area contributed by atoms with Gasteiger partial charge in [0.1, 0.15) is 11.3 Å². The fraction of sp³-hybridized carbons (Fsp3) is 0.500. The number of hydrogen-bond acceptors (Lipinski definition) is 6. The summed E-state index contributed by atoms with van der Waals surface area (Å²) >= 11 is 0. The Kier molecular flexibility index (Phi) is 4.01. The molecule has 0 N–H and O–H groups in total. The third-order valence-corrected chi connectivity index (χ3v) is 7.13. The second-order valence-corrected chi connectivity index (χ2v) is 9.50. The maximum Gasteiger partial charge on any atom is 0.178 e. The highest BCUT2D eigenvalue weighted by atomic mass is 32.2. The maximum absolute atomic E-state index is 12.0. The third kappa shape index (κ3) is 3.14. The number of hydrogen-bond donors (Lipinski definition) is 0. The van der Waals surface area contributed by atoms with E-state index in [-0.39, 0.29) is 23.5 Å². The zero-order valence-electron chi connectivity index (χ0n) is 14.9. The normalized spacial score (nSPS) is 23.2. The van der Waals surface area contributed by atoms with Gasteiger partial charge >= 0.3 is 0 Å². The number of sulfone groups is 1. The van der Waals surface area contributed by atoms with Crippen LogP contribution >= 0.6 is 0 Å². The minimum Gasteiger partial charge on any atom is -0.381 e. The zero-order chi connectivity index (χ0) is 18.4. The lowest BCUT2D eigenvalue weighted by molar-refractivity contribution is 0.0835. The molecule has 2 aliphatic rings. The van der Waals surface area contributed by atoms with E-state index in [4.69, 9.17) is 14.8 Å². The molecule has 8 nitrogen and oxygen atoms in total. The molecular weight excluding hydrogens is 366 g/mol. The van der Waals surface area contributed by atoms with E-state index in [1.807, 2.05) is 35.0 Å². The fourth-order valence-corrected chi connectivity index (χ4v) is 5.60. The van der Waals surface area contributed by atoms with Gasteiger partial charge in [-0.05, 0) is 31.4 Å². The van der Waals surface area contributed by atoms with Crippen molar-refractivity contribution in [1.82, 2.24) is 24.1 Å². The van der Waals surface area contributed by atoms with Crippen LogP contribution in [0.5, 0.6) is 0 Å². The van der Waals surface area contributed by atoms with Crippen LogP contribution in [0, 0.1) is 0 Å². The highest BCUT2D eigenvalue weighted by molar-refractivity contribution is 7.91. The predicted molar refractivity (Wildman–Crippen MR) is 99.3 cm³/mol. The molecule has 3 aromatic heterocycles. The van der Waals surface area contributed by atoms with E-state index >= 15 is 0 Å². The molecule has 2 fully saturated rings. The highest BCUT2D eigenvalue weighted by Gasteiger charge is 2.33. The Morgan fingerprint density at radius 1 is 1.11 bits per heavy atom. The molecule has 0 aromatic carbocycles. The second kappa shape index (κ2) is 6.42. The molecule has 1 atom stereocenters. The third-order valence-electron chi connectivity index (χ3n) is 5.38. The number of fused-ring (bicyclic) bond motifs is 1. The van der Waals surface area contributed by atoms with Crippen LogP contribution in [0.1, 0.15) is 37.0 Å². The number of aromatic nitrogens is 5. The van der Waals surface area contributed by atoms with Gasteiger partial charge in [0.2, 0.25) is 0 Å². The molecule has 0 aliphatic carbocycles. The van der Waals surface area contributed by atoms with E-state index in [0.29, 0.717) is 25.5 Å². The SMILES string of the molecule is O=S1(=O)CC[C@@H](n2nc(C3CCOCC3)nc2-c2cn3ccccc3n2)C1. The molecule has 0 saturated carbocycles. The summed E-state index contributed by atoms with van der Waals surface area (Å²) in [4.78, 5) is 9.49. The molecule has 2 aliphatic heterocycles. The molecule has 0 spiro atoms. The molecule has 27 heavy (non-hydrogen) atoms. The molecule has 0 amide bonds. The molecule has 5 heterocycles. The monoisotopic (exact) mass is 387 g/mol. The van der Waals surface area contributed by atoms with Crippen molar-refractivity contribution in [2.75, 3.05) is 24.7 Å². The minimum atomic E-state index is -3.02. The lowest BCUT2D eigenvalue weighted by Crippen LogP contribution is -2.17. The van der Waals surface area contributed by atoms with Gasteiger partial charge in [0.15, 0.2) is 21.5 Å². The van der Waals surface area contributed by atoms with E-state index in [1.54, 1.807) is 4.68 Å². The second-order valence-electron chi connectivity index (χ2n) is 7.27. The summed E-state index contributed by atoms with van der Waals surface area (Å²) in [6.07, 6.45) is 6.20. The summed E-state index contributed by atoms with van der Waals surface area (Å²) in [5, 5.41) is 4.76. The molecule has 3 aromatic rings. The Morgan fingerprint density at radius 3 is 2.70 bits per heavy atom. The summed E-state index contributed by atoms with van der Waals surface area (Å²) in [6, 6.07) is 5.63. The predicted octanol–water partition coefficient (Wildman–Crippen LogP) is 1.85. The van der Waals surface area contributed by atoms with E-state index in [0.717, 1.165) is 30.0 Å². The van der Waals surface area contributed by atoms with Crippen LogP contribution in [0.15, 0.2) is 30.6 Å². The topological polar surface area (TPSA) is 91.4 Å². The molecule has 2 saturated heterocycles. The molecule has 0 radical (unpaired) electrons.